The maximum atomic E-state index is 10.0. The first-order valence-electron chi connectivity index (χ1n) is 4.07. The topological polar surface area (TPSA) is 50.9 Å². The van der Waals surface area contributed by atoms with Gasteiger partial charge in [0.05, 0.1) is 11.9 Å². The van der Waals surface area contributed by atoms with Crippen molar-refractivity contribution in [3.8, 4) is 0 Å². The minimum atomic E-state index is -0.737. The minimum absolute atomic E-state index is 0.624. The number of nitrogens with zero attached hydrogens (tertiary/aromatic N) is 3. The molecule has 0 fully saturated rings. The Bertz CT molecular complexity index is 464. The van der Waals surface area contributed by atoms with Crippen molar-refractivity contribution in [3.63, 3.8) is 0 Å². The number of aryl methyl sites for hydroxylation is 1. The fraction of sp³-hybridized carbons (Fsp3) is 0.250. The van der Waals surface area contributed by atoms with E-state index in [0.29, 0.717) is 10.0 Å². The standard InChI is InChI=1S/C8H7BrClN3OS/c1-13-5(3-11-12-13)7(14)6-2-4(9)8(10)15-6/h2-3,7,14H,1H3. The van der Waals surface area contributed by atoms with E-state index < -0.39 is 6.10 Å². The number of hydrogen-bond donors (Lipinski definition) is 1. The SMILES string of the molecule is Cn1nncc1C(O)c1cc(Br)c(Cl)s1. The summed E-state index contributed by atoms with van der Waals surface area (Å²) in [6, 6.07) is 1.80. The average molecular weight is 309 g/mol. The van der Waals surface area contributed by atoms with Crippen molar-refractivity contribution in [1.82, 2.24) is 15.0 Å². The maximum absolute atomic E-state index is 10.0. The van der Waals surface area contributed by atoms with Crippen LogP contribution in [0.1, 0.15) is 16.7 Å². The third-order valence-corrected chi connectivity index (χ3v) is 4.49. The Balaban J connectivity index is 2.36. The predicted molar refractivity (Wildman–Crippen MR) is 62.1 cm³/mol. The van der Waals surface area contributed by atoms with E-state index in [4.69, 9.17) is 11.6 Å². The largest absolute Gasteiger partial charge is 0.381 e. The normalized spacial score (nSPS) is 13.1. The van der Waals surface area contributed by atoms with Crippen LogP contribution in [0.15, 0.2) is 16.7 Å². The Labute approximate surface area is 104 Å². The molecule has 0 aliphatic carbocycles. The molecule has 2 heterocycles. The lowest BCUT2D eigenvalue weighted by Crippen LogP contribution is -2.04. The fourth-order valence-electron chi connectivity index (χ4n) is 1.19. The highest BCUT2D eigenvalue weighted by Gasteiger charge is 2.18. The van der Waals surface area contributed by atoms with Crippen molar-refractivity contribution >= 4 is 38.9 Å². The van der Waals surface area contributed by atoms with E-state index in [1.54, 1.807) is 13.1 Å². The average Bonchev–Trinajstić information content (AvgIpc) is 2.74. The Morgan fingerprint density at radius 3 is 2.87 bits per heavy atom. The number of aromatic nitrogens is 3. The lowest BCUT2D eigenvalue weighted by Gasteiger charge is -2.06. The summed E-state index contributed by atoms with van der Waals surface area (Å²) in [6.07, 6.45) is 0.797. The summed E-state index contributed by atoms with van der Waals surface area (Å²) in [5, 5.41) is 17.5. The van der Waals surface area contributed by atoms with Crippen LogP contribution in [0.4, 0.5) is 0 Å². The summed E-state index contributed by atoms with van der Waals surface area (Å²) >= 11 is 10.5. The predicted octanol–water partition coefficient (Wildman–Crippen LogP) is 2.37. The second-order valence-corrected chi connectivity index (χ2v) is 5.50. The van der Waals surface area contributed by atoms with E-state index in [1.165, 1.54) is 22.2 Å². The summed E-state index contributed by atoms with van der Waals surface area (Å²) in [7, 11) is 1.73. The maximum Gasteiger partial charge on any atom is 0.131 e. The van der Waals surface area contributed by atoms with Gasteiger partial charge in [-0.15, -0.1) is 16.4 Å². The van der Waals surface area contributed by atoms with Gasteiger partial charge in [-0.3, -0.25) is 0 Å². The Hall–Kier alpha value is -0.430. The molecule has 2 aromatic heterocycles. The van der Waals surface area contributed by atoms with Crippen molar-refractivity contribution in [2.75, 3.05) is 0 Å². The summed E-state index contributed by atoms with van der Waals surface area (Å²) in [5.41, 5.74) is 0.639. The van der Waals surface area contributed by atoms with Gasteiger partial charge in [0.15, 0.2) is 0 Å². The van der Waals surface area contributed by atoms with E-state index in [2.05, 4.69) is 26.2 Å². The zero-order valence-electron chi connectivity index (χ0n) is 7.69. The van der Waals surface area contributed by atoms with Crippen LogP contribution in [-0.2, 0) is 7.05 Å². The number of halogens is 2. The highest BCUT2D eigenvalue weighted by Crippen LogP contribution is 2.36. The van der Waals surface area contributed by atoms with Gasteiger partial charge in [0.25, 0.3) is 0 Å². The van der Waals surface area contributed by atoms with E-state index >= 15 is 0 Å². The zero-order chi connectivity index (χ0) is 11.0. The number of aliphatic hydroxyl groups is 1. The molecular formula is C8H7BrClN3OS. The highest BCUT2D eigenvalue weighted by molar-refractivity contribution is 9.10. The molecule has 15 heavy (non-hydrogen) atoms. The van der Waals surface area contributed by atoms with Gasteiger partial charge >= 0.3 is 0 Å². The Kier molecular flexibility index (Phi) is 3.11. The third-order valence-electron chi connectivity index (χ3n) is 1.96. The Morgan fingerprint density at radius 2 is 2.40 bits per heavy atom. The molecule has 7 heteroatoms. The van der Waals surface area contributed by atoms with E-state index in [9.17, 15) is 5.11 Å². The smallest absolute Gasteiger partial charge is 0.131 e. The van der Waals surface area contributed by atoms with Crippen LogP contribution >= 0.6 is 38.9 Å². The minimum Gasteiger partial charge on any atom is -0.381 e. The van der Waals surface area contributed by atoms with Crippen molar-refractivity contribution in [2.45, 2.75) is 6.10 Å². The summed E-state index contributed by atoms with van der Waals surface area (Å²) in [4.78, 5) is 0.761. The quantitative estimate of drug-likeness (QED) is 0.926. The van der Waals surface area contributed by atoms with Crippen LogP contribution in [0.3, 0.4) is 0 Å². The van der Waals surface area contributed by atoms with Gasteiger partial charge in [-0.05, 0) is 22.0 Å². The molecule has 80 valence electrons. The molecule has 0 spiro atoms. The van der Waals surface area contributed by atoms with Gasteiger partial charge in [0.2, 0.25) is 0 Å². The summed E-state index contributed by atoms with van der Waals surface area (Å²) in [6.45, 7) is 0. The van der Waals surface area contributed by atoms with Crippen molar-refractivity contribution in [3.05, 3.63) is 31.6 Å². The van der Waals surface area contributed by atoms with Crippen LogP contribution in [0.5, 0.6) is 0 Å². The second-order valence-electron chi connectivity index (χ2n) is 2.96. The van der Waals surface area contributed by atoms with E-state index in [-0.39, 0.29) is 0 Å². The fourth-order valence-corrected chi connectivity index (χ4v) is 2.92. The van der Waals surface area contributed by atoms with Crippen LogP contribution in [-0.4, -0.2) is 20.1 Å². The van der Waals surface area contributed by atoms with Gasteiger partial charge in [-0.1, -0.05) is 16.8 Å². The lowest BCUT2D eigenvalue weighted by molar-refractivity contribution is 0.213. The molecule has 1 N–H and O–H groups in total. The molecule has 0 aliphatic heterocycles. The molecule has 0 bridgehead atoms. The molecule has 1 atom stereocenters. The first-order chi connectivity index (χ1) is 7.09. The molecule has 0 saturated heterocycles. The highest BCUT2D eigenvalue weighted by atomic mass is 79.9. The molecule has 1 unspecified atom stereocenters. The van der Waals surface area contributed by atoms with Crippen molar-refractivity contribution in [1.29, 1.82) is 0 Å². The summed E-state index contributed by atoms with van der Waals surface area (Å²) in [5.74, 6) is 0. The van der Waals surface area contributed by atoms with Crippen molar-refractivity contribution < 1.29 is 5.11 Å². The molecule has 0 aromatic carbocycles. The first-order valence-corrected chi connectivity index (χ1v) is 6.05. The third kappa shape index (κ3) is 2.08. The monoisotopic (exact) mass is 307 g/mol. The molecular weight excluding hydrogens is 302 g/mol. The van der Waals surface area contributed by atoms with Gasteiger partial charge in [0, 0.05) is 16.4 Å². The first kappa shape index (κ1) is 11.1. The molecule has 0 saturated carbocycles. The van der Waals surface area contributed by atoms with Crippen LogP contribution < -0.4 is 0 Å². The zero-order valence-corrected chi connectivity index (χ0v) is 10.8. The number of thiophene rings is 1. The summed E-state index contributed by atoms with van der Waals surface area (Å²) < 4.78 is 2.95. The van der Waals surface area contributed by atoms with E-state index in [1.807, 2.05) is 0 Å². The molecule has 0 amide bonds. The molecule has 4 nitrogen and oxygen atoms in total. The van der Waals surface area contributed by atoms with Crippen LogP contribution in [0, 0.1) is 0 Å². The van der Waals surface area contributed by atoms with Gasteiger partial charge in [0.1, 0.15) is 10.4 Å². The van der Waals surface area contributed by atoms with E-state index in [0.717, 1.165) is 9.35 Å². The van der Waals surface area contributed by atoms with Gasteiger partial charge in [-0.25, -0.2) is 4.68 Å². The van der Waals surface area contributed by atoms with Gasteiger partial charge in [-0.2, -0.15) is 0 Å². The van der Waals surface area contributed by atoms with Crippen molar-refractivity contribution in [2.24, 2.45) is 7.05 Å². The number of aliphatic hydroxyl groups excluding tert-OH is 1. The molecule has 0 aliphatic rings. The molecule has 2 rings (SSSR count). The second kappa shape index (κ2) is 4.21. The molecule has 2 aromatic rings. The Morgan fingerprint density at radius 1 is 1.67 bits per heavy atom. The van der Waals surface area contributed by atoms with Gasteiger partial charge < -0.3 is 5.11 Å². The number of rotatable bonds is 2. The lowest BCUT2D eigenvalue weighted by atomic mass is 10.2. The number of hydrogen-bond acceptors (Lipinski definition) is 4. The van der Waals surface area contributed by atoms with Crippen LogP contribution in [0.25, 0.3) is 0 Å². The van der Waals surface area contributed by atoms with Crippen LogP contribution in [0.2, 0.25) is 4.34 Å². The molecule has 0 radical (unpaired) electrons.